The third-order valence-electron chi connectivity index (χ3n) is 3.72. The zero-order valence-corrected chi connectivity index (χ0v) is 14.1. The third-order valence-corrected chi connectivity index (χ3v) is 7.96. The average molecular weight is 272 g/mol. The molecule has 2 fully saturated rings. The fourth-order valence-corrected chi connectivity index (χ4v) is 7.02. The molecule has 0 saturated carbocycles. The summed E-state index contributed by atoms with van der Waals surface area (Å²) in [4.78, 5) is 0. The first-order valence-corrected chi connectivity index (χ1v) is 8.61. The summed E-state index contributed by atoms with van der Waals surface area (Å²) in [6.45, 7) is 17.3. The lowest BCUT2D eigenvalue weighted by Crippen LogP contribution is -2.72. The second kappa shape index (κ2) is 3.60. The van der Waals surface area contributed by atoms with Crippen LogP contribution in [0.4, 0.5) is 0 Å². The van der Waals surface area contributed by atoms with Crippen molar-refractivity contribution in [3.05, 3.63) is 0 Å². The molecule has 2 bridgehead atoms. The molecule has 2 heterocycles. The van der Waals surface area contributed by atoms with Crippen molar-refractivity contribution in [3.8, 4) is 0 Å². The van der Waals surface area contributed by atoms with Gasteiger partial charge in [0.1, 0.15) is 0 Å². The third kappa shape index (κ3) is 2.40. The Morgan fingerprint density at radius 2 is 1.17 bits per heavy atom. The highest BCUT2D eigenvalue weighted by atomic mass is 28.4. The van der Waals surface area contributed by atoms with Crippen molar-refractivity contribution in [2.75, 3.05) is 0 Å². The molecule has 0 atom stereocenters. The van der Waals surface area contributed by atoms with Crippen LogP contribution in [0.3, 0.4) is 0 Å². The van der Waals surface area contributed by atoms with E-state index in [2.05, 4.69) is 55.4 Å². The highest BCUT2D eigenvalue weighted by molar-refractivity contribution is 6.64. The van der Waals surface area contributed by atoms with Gasteiger partial charge in [-0.3, -0.25) is 0 Å². The molecule has 0 aliphatic carbocycles. The maximum Gasteiger partial charge on any atom is 0.507 e. The van der Waals surface area contributed by atoms with Crippen molar-refractivity contribution >= 4 is 8.80 Å². The van der Waals surface area contributed by atoms with Gasteiger partial charge in [-0.25, -0.2) is 0 Å². The Balaban J connectivity index is 2.48. The molecule has 0 unspecified atom stereocenters. The standard InChI is InChI=1S/C14H28O3Si/c1-11(2,3)18-15-12(4,5)9-14(8,17-18)10-13(6,7)16-18/h9-10H2,1-8H3. The first-order chi connectivity index (χ1) is 7.79. The summed E-state index contributed by atoms with van der Waals surface area (Å²) in [6.07, 6.45) is 1.86. The van der Waals surface area contributed by atoms with Crippen molar-refractivity contribution in [2.24, 2.45) is 0 Å². The molecule has 106 valence electrons. The van der Waals surface area contributed by atoms with Crippen LogP contribution in [0.2, 0.25) is 5.04 Å². The molecule has 18 heavy (non-hydrogen) atoms. The van der Waals surface area contributed by atoms with Gasteiger partial charge in [-0.15, -0.1) is 0 Å². The number of rotatable bonds is 0. The zero-order chi connectivity index (χ0) is 14.0. The monoisotopic (exact) mass is 272 g/mol. The van der Waals surface area contributed by atoms with Gasteiger partial charge in [-0.05, 0) is 34.6 Å². The minimum Gasteiger partial charge on any atom is -0.368 e. The van der Waals surface area contributed by atoms with Crippen LogP contribution in [0, 0.1) is 0 Å². The first-order valence-electron chi connectivity index (χ1n) is 6.89. The molecular weight excluding hydrogens is 244 g/mol. The zero-order valence-electron chi connectivity index (χ0n) is 13.1. The number of fused-ring (bicyclic) bond motifs is 2. The van der Waals surface area contributed by atoms with Gasteiger partial charge in [0.05, 0.1) is 16.8 Å². The van der Waals surface area contributed by atoms with E-state index in [0.29, 0.717) is 0 Å². The van der Waals surface area contributed by atoms with Crippen LogP contribution in [-0.4, -0.2) is 25.6 Å². The van der Waals surface area contributed by atoms with E-state index in [1.165, 1.54) is 0 Å². The highest BCUT2D eigenvalue weighted by Crippen LogP contribution is 2.55. The van der Waals surface area contributed by atoms with Crippen LogP contribution in [0.15, 0.2) is 0 Å². The molecule has 2 aliphatic heterocycles. The van der Waals surface area contributed by atoms with Gasteiger partial charge in [-0.2, -0.15) is 0 Å². The summed E-state index contributed by atoms with van der Waals surface area (Å²) >= 11 is 0. The van der Waals surface area contributed by atoms with E-state index in [9.17, 15) is 0 Å². The first kappa shape index (κ1) is 14.5. The van der Waals surface area contributed by atoms with E-state index in [4.69, 9.17) is 13.3 Å². The van der Waals surface area contributed by atoms with E-state index >= 15 is 0 Å². The summed E-state index contributed by atoms with van der Waals surface area (Å²) in [5, 5.41) is -0.0936. The maximum atomic E-state index is 6.43. The molecule has 2 rings (SSSR count). The Bertz CT molecular complexity index is 329. The Hall–Kier alpha value is 0.0969. The molecule has 0 radical (unpaired) electrons. The molecule has 2 aliphatic rings. The molecule has 0 amide bonds. The predicted octanol–water partition coefficient (Wildman–Crippen LogP) is 3.90. The van der Waals surface area contributed by atoms with E-state index in [0.717, 1.165) is 12.8 Å². The molecule has 0 N–H and O–H groups in total. The van der Waals surface area contributed by atoms with Crippen LogP contribution in [0.5, 0.6) is 0 Å². The van der Waals surface area contributed by atoms with Gasteiger partial charge in [0.2, 0.25) is 0 Å². The summed E-state index contributed by atoms with van der Waals surface area (Å²) in [5.74, 6) is 0. The summed E-state index contributed by atoms with van der Waals surface area (Å²) < 4.78 is 19.2. The lowest BCUT2D eigenvalue weighted by Gasteiger charge is -2.61. The molecule has 2 saturated heterocycles. The predicted molar refractivity (Wildman–Crippen MR) is 74.5 cm³/mol. The molecular formula is C14H28O3Si. The molecule has 0 aromatic carbocycles. The van der Waals surface area contributed by atoms with Gasteiger partial charge in [-0.1, -0.05) is 20.8 Å². The Kier molecular flexibility index (Phi) is 2.90. The van der Waals surface area contributed by atoms with Crippen LogP contribution in [-0.2, 0) is 13.3 Å². The minimum atomic E-state index is -2.68. The molecule has 0 aromatic heterocycles. The Labute approximate surface area is 113 Å². The van der Waals surface area contributed by atoms with Crippen molar-refractivity contribution in [1.82, 2.24) is 0 Å². The van der Waals surface area contributed by atoms with Gasteiger partial charge < -0.3 is 13.3 Å². The van der Waals surface area contributed by atoms with E-state index < -0.39 is 8.80 Å². The molecule has 3 nitrogen and oxygen atoms in total. The normalized spacial score (nSPS) is 42.7. The van der Waals surface area contributed by atoms with Gasteiger partial charge in [0.15, 0.2) is 0 Å². The molecule has 4 heteroatoms. The Morgan fingerprint density at radius 3 is 1.50 bits per heavy atom. The van der Waals surface area contributed by atoms with E-state index in [-0.39, 0.29) is 21.8 Å². The second-order valence-corrected chi connectivity index (χ2v) is 11.7. The Morgan fingerprint density at radius 1 is 0.778 bits per heavy atom. The van der Waals surface area contributed by atoms with Crippen molar-refractivity contribution < 1.29 is 13.3 Å². The smallest absolute Gasteiger partial charge is 0.368 e. The summed E-state index contributed by atoms with van der Waals surface area (Å²) in [5.41, 5.74) is -0.449. The highest BCUT2D eigenvalue weighted by Gasteiger charge is 2.67. The van der Waals surface area contributed by atoms with Crippen LogP contribution >= 0.6 is 0 Å². The largest absolute Gasteiger partial charge is 0.507 e. The van der Waals surface area contributed by atoms with Gasteiger partial charge in [0, 0.05) is 17.9 Å². The van der Waals surface area contributed by atoms with Crippen molar-refractivity contribution in [3.63, 3.8) is 0 Å². The second-order valence-electron chi connectivity index (χ2n) is 8.44. The lowest BCUT2D eigenvalue weighted by molar-refractivity contribution is -0.215. The van der Waals surface area contributed by atoms with Crippen LogP contribution in [0.25, 0.3) is 0 Å². The van der Waals surface area contributed by atoms with E-state index in [1.54, 1.807) is 0 Å². The number of hydrogen-bond donors (Lipinski definition) is 0. The van der Waals surface area contributed by atoms with Gasteiger partial charge in [0.25, 0.3) is 0 Å². The maximum absolute atomic E-state index is 6.43. The molecule has 0 aromatic rings. The topological polar surface area (TPSA) is 27.7 Å². The van der Waals surface area contributed by atoms with Crippen molar-refractivity contribution in [2.45, 2.75) is 90.1 Å². The fourth-order valence-electron chi connectivity index (χ4n) is 3.58. The minimum absolute atomic E-state index is 0.0936. The average Bonchev–Trinajstić information content (AvgIpc) is 1.89. The lowest BCUT2D eigenvalue weighted by atomic mass is 9.83. The van der Waals surface area contributed by atoms with Gasteiger partial charge >= 0.3 is 8.80 Å². The van der Waals surface area contributed by atoms with Crippen molar-refractivity contribution in [1.29, 1.82) is 0 Å². The van der Waals surface area contributed by atoms with Crippen LogP contribution < -0.4 is 0 Å². The van der Waals surface area contributed by atoms with E-state index in [1.807, 2.05) is 0 Å². The summed E-state index contributed by atoms with van der Waals surface area (Å²) in [7, 11) is -2.68. The van der Waals surface area contributed by atoms with Crippen LogP contribution in [0.1, 0.15) is 68.2 Å². The quantitative estimate of drug-likeness (QED) is 0.626. The SMILES string of the molecule is CC1(C)CC2(C)CC(C)(C)O[Si](C(C)(C)C)(O1)O2. The number of hydrogen-bond acceptors (Lipinski definition) is 3. The molecule has 0 spiro atoms. The summed E-state index contributed by atoms with van der Waals surface area (Å²) in [6, 6.07) is 0. The fraction of sp³-hybridized carbons (Fsp3) is 1.00.